The van der Waals surface area contributed by atoms with Crippen molar-refractivity contribution in [2.45, 2.75) is 26.2 Å². The van der Waals surface area contributed by atoms with Crippen LogP contribution in [0.1, 0.15) is 31.7 Å². The predicted octanol–water partition coefficient (Wildman–Crippen LogP) is 3.58. The van der Waals surface area contributed by atoms with Crippen LogP contribution in [0, 0.1) is 5.92 Å². The largest absolute Gasteiger partial charge is 0.290 e. The van der Waals surface area contributed by atoms with E-state index in [-0.39, 0.29) is 17.5 Å². The van der Waals surface area contributed by atoms with Crippen molar-refractivity contribution in [2.75, 3.05) is 0 Å². The molecule has 0 fully saturated rings. The van der Waals surface area contributed by atoms with Crippen molar-refractivity contribution < 1.29 is 9.59 Å². The highest BCUT2D eigenvalue weighted by Gasteiger charge is 2.25. The van der Waals surface area contributed by atoms with Gasteiger partial charge in [0.15, 0.2) is 0 Å². The number of ketones is 2. The minimum absolute atomic E-state index is 0.128. The molecule has 0 amide bonds. The van der Waals surface area contributed by atoms with Gasteiger partial charge in [-0.3, -0.25) is 9.59 Å². The minimum atomic E-state index is -0.343. The third-order valence-corrected chi connectivity index (χ3v) is 3.40. The minimum Gasteiger partial charge on any atom is -0.290 e. The summed E-state index contributed by atoms with van der Waals surface area (Å²) in [5.41, 5.74) is 1.47. The molecule has 0 aliphatic heterocycles. The molecule has 0 aromatic heterocycles. The summed E-state index contributed by atoms with van der Waals surface area (Å²) in [6.07, 6.45) is 8.23. The van der Waals surface area contributed by atoms with E-state index in [0.717, 1.165) is 18.4 Å². The first-order chi connectivity index (χ1) is 9.18. The molecule has 2 nitrogen and oxygen atoms in total. The number of rotatable bonds is 4. The molecule has 19 heavy (non-hydrogen) atoms. The summed E-state index contributed by atoms with van der Waals surface area (Å²) in [6.45, 7) is 1.71. The van der Waals surface area contributed by atoms with E-state index in [4.69, 9.17) is 0 Å². The van der Waals surface area contributed by atoms with Gasteiger partial charge in [0, 0.05) is 11.5 Å². The molecular weight excluding hydrogens is 236 g/mol. The number of carbonyl (C=O) groups is 2. The Hall–Kier alpha value is -1.96. The van der Waals surface area contributed by atoms with Crippen molar-refractivity contribution in [3.63, 3.8) is 0 Å². The summed E-state index contributed by atoms with van der Waals surface area (Å²) in [6, 6.07) is 9.60. The Morgan fingerprint density at radius 3 is 2.53 bits per heavy atom. The maximum atomic E-state index is 12.1. The van der Waals surface area contributed by atoms with Crippen LogP contribution in [0.4, 0.5) is 0 Å². The fourth-order valence-corrected chi connectivity index (χ4v) is 2.28. The first-order valence-corrected chi connectivity index (χ1v) is 6.65. The van der Waals surface area contributed by atoms with Crippen LogP contribution in [-0.4, -0.2) is 11.6 Å². The molecule has 0 saturated carbocycles. The Labute approximate surface area is 113 Å². The van der Waals surface area contributed by atoms with E-state index in [9.17, 15) is 9.59 Å². The molecule has 1 atom stereocenters. The Morgan fingerprint density at radius 2 is 1.89 bits per heavy atom. The van der Waals surface area contributed by atoms with Gasteiger partial charge in [0.1, 0.15) is 0 Å². The molecule has 0 heterocycles. The summed E-state index contributed by atoms with van der Waals surface area (Å²) >= 11 is 0. The van der Waals surface area contributed by atoms with E-state index in [1.165, 1.54) is 0 Å². The second-order valence-electron chi connectivity index (χ2n) is 4.91. The summed E-state index contributed by atoms with van der Waals surface area (Å²) in [7, 11) is 0. The maximum absolute atomic E-state index is 12.1. The van der Waals surface area contributed by atoms with Gasteiger partial charge in [-0.05, 0) is 37.8 Å². The van der Waals surface area contributed by atoms with Crippen molar-refractivity contribution >= 4 is 17.6 Å². The molecule has 0 radical (unpaired) electrons. The zero-order valence-electron chi connectivity index (χ0n) is 11.1. The molecule has 2 heteroatoms. The van der Waals surface area contributed by atoms with Gasteiger partial charge in [-0.25, -0.2) is 0 Å². The zero-order chi connectivity index (χ0) is 13.7. The molecule has 0 spiro atoms. The molecule has 1 aliphatic carbocycles. The zero-order valence-corrected chi connectivity index (χ0v) is 11.1. The number of hydrogen-bond acceptors (Lipinski definition) is 2. The first-order valence-electron chi connectivity index (χ1n) is 6.65. The molecule has 98 valence electrons. The van der Waals surface area contributed by atoms with Gasteiger partial charge in [0.25, 0.3) is 0 Å². The first kappa shape index (κ1) is 13.5. The second-order valence-corrected chi connectivity index (χ2v) is 4.91. The van der Waals surface area contributed by atoms with Crippen molar-refractivity contribution in [3.8, 4) is 0 Å². The highest BCUT2D eigenvalue weighted by molar-refractivity contribution is 6.44. The fraction of sp³-hybridized carbons (Fsp3) is 0.294. The van der Waals surface area contributed by atoms with E-state index >= 15 is 0 Å². The molecule has 1 aromatic carbocycles. The van der Waals surface area contributed by atoms with Gasteiger partial charge in [0.2, 0.25) is 11.6 Å². The number of allylic oxidation sites excluding steroid dienone is 3. The summed E-state index contributed by atoms with van der Waals surface area (Å²) in [5, 5.41) is 0. The third kappa shape index (κ3) is 3.50. The van der Waals surface area contributed by atoms with Gasteiger partial charge in [-0.15, -0.1) is 0 Å². The summed E-state index contributed by atoms with van der Waals surface area (Å²) in [5.74, 6) is -0.713. The van der Waals surface area contributed by atoms with Gasteiger partial charge in [-0.1, -0.05) is 42.5 Å². The summed E-state index contributed by atoms with van der Waals surface area (Å²) in [4.78, 5) is 24.2. The Bertz CT molecular complexity index is 523. The Morgan fingerprint density at radius 1 is 1.16 bits per heavy atom. The van der Waals surface area contributed by atoms with E-state index in [2.05, 4.69) is 6.08 Å². The van der Waals surface area contributed by atoms with Crippen molar-refractivity contribution in [1.82, 2.24) is 0 Å². The van der Waals surface area contributed by atoms with Crippen molar-refractivity contribution in [1.29, 1.82) is 0 Å². The lowest BCUT2D eigenvalue weighted by molar-refractivity contribution is -0.136. The van der Waals surface area contributed by atoms with E-state index in [1.54, 1.807) is 13.0 Å². The molecule has 2 rings (SSSR count). The fourth-order valence-electron chi connectivity index (χ4n) is 2.28. The molecule has 0 bridgehead atoms. The van der Waals surface area contributed by atoms with E-state index < -0.39 is 0 Å². The lowest BCUT2D eigenvalue weighted by atomic mass is 9.87. The smallest absolute Gasteiger partial charge is 0.224 e. The van der Waals surface area contributed by atoms with Crippen LogP contribution in [-0.2, 0) is 9.59 Å². The molecule has 1 aromatic rings. The SMILES string of the molecule is C/C(=C\c1ccccc1)C(=O)C(=O)C1CC=CCC1. The molecule has 1 aliphatic rings. The Kier molecular flexibility index (Phi) is 4.45. The van der Waals surface area contributed by atoms with Crippen LogP contribution in [0.3, 0.4) is 0 Å². The lowest BCUT2D eigenvalue weighted by Gasteiger charge is -2.15. The number of Topliss-reactive ketones (excluding diaryl/α,β-unsaturated/α-hetero) is 2. The number of carbonyl (C=O) groups excluding carboxylic acids is 2. The number of benzene rings is 1. The quantitative estimate of drug-likeness (QED) is 0.467. The topological polar surface area (TPSA) is 34.1 Å². The van der Waals surface area contributed by atoms with Crippen LogP contribution < -0.4 is 0 Å². The normalized spacial score (nSPS) is 19.2. The van der Waals surface area contributed by atoms with E-state index in [0.29, 0.717) is 12.0 Å². The highest BCUT2D eigenvalue weighted by Crippen LogP contribution is 2.21. The van der Waals surface area contributed by atoms with Gasteiger partial charge < -0.3 is 0 Å². The Balaban J connectivity index is 2.08. The van der Waals surface area contributed by atoms with Crippen LogP contribution in [0.15, 0.2) is 48.1 Å². The van der Waals surface area contributed by atoms with E-state index in [1.807, 2.05) is 36.4 Å². The van der Waals surface area contributed by atoms with Gasteiger partial charge in [0.05, 0.1) is 0 Å². The van der Waals surface area contributed by atoms with Crippen molar-refractivity contribution in [3.05, 3.63) is 53.6 Å². The highest BCUT2D eigenvalue weighted by atomic mass is 16.2. The maximum Gasteiger partial charge on any atom is 0.224 e. The standard InChI is InChI=1S/C17H18O2/c1-13(12-14-8-4-2-5-9-14)16(18)17(19)15-10-6-3-7-11-15/h2-6,8-9,12,15H,7,10-11H2,1H3/b13-12+. The number of hydrogen-bond donors (Lipinski definition) is 0. The van der Waals surface area contributed by atoms with Crippen molar-refractivity contribution in [2.24, 2.45) is 5.92 Å². The monoisotopic (exact) mass is 254 g/mol. The average molecular weight is 254 g/mol. The van der Waals surface area contributed by atoms with Crippen LogP contribution >= 0.6 is 0 Å². The lowest BCUT2D eigenvalue weighted by Crippen LogP contribution is -2.25. The third-order valence-electron chi connectivity index (χ3n) is 3.40. The molecular formula is C17H18O2. The van der Waals surface area contributed by atoms with Crippen LogP contribution in [0.2, 0.25) is 0 Å². The van der Waals surface area contributed by atoms with Gasteiger partial charge >= 0.3 is 0 Å². The molecule has 0 N–H and O–H groups in total. The average Bonchev–Trinajstić information content (AvgIpc) is 2.47. The van der Waals surface area contributed by atoms with Gasteiger partial charge in [-0.2, -0.15) is 0 Å². The van der Waals surface area contributed by atoms with Crippen LogP contribution in [0.5, 0.6) is 0 Å². The second kappa shape index (κ2) is 6.28. The molecule has 1 unspecified atom stereocenters. The predicted molar refractivity (Wildman–Crippen MR) is 76.6 cm³/mol. The molecule has 0 saturated heterocycles. The summed E-state index contributed by atoms with van der Waals surface area (Å²) < 4.78 is 0. The van der Waals surface area contributed by atoms with Crippen LogP contribution in [0.25, 0.3) is 6.08 Å².